The van der Waals surface area contributed by atoms with Crippen LogP contribution in [0.3, 0.4) is 0 Å². The Morgan fingerprint density at radius 1 is 0.436 bits per heavy atom. The number of rotatable bonds is 4. The number of nitrogens with zero attached hydrogens (tertiary/aromatic N) is 5. The lowest BCUT2D eigenvalue weighted by Crippen LogP contribution is -2.06. The van der Waals surface area contributed by atoms with E-state index in [1.165, 1.54) is 32.6 Å². The van der Waals surface area contributed by atoms with Gasteiger partial charge in [0.1, 0.15) is 0 Å². The number of para-hydroxylation sites is 4. The van der Waals surface area contributed by atoms with Crippen LogP contribution >= 0.6 is 0 Å². The molecule has 0 saturated carbocycles. The Hall–Kier alpha value is -7.42. The zero-order valence-electron chi connectivity index (χ0n) is 30.3. The van der Waals surface area contributed by atoms with E-state index in [1.54, 1.807) is 0 Å². The van der Waals surface area contributed by atoms with Crippen LogP contribution in [0.4, 0.5) is 5.69 Å². The first-order valence-corrected chi connectivity index (χ1v) is 18.6. The van der Waals surface area contributed by atoms with E-state index in [4.69, 9.17) is 11.6 Å². The first-order chi connectivity index (χ1) is 27.1. The molecule has 11 rings (SSSR count). The van der Waals surface area contributed by atoms with Gasteiger partial charge in [0.15, 0.2) is 5.69 Å². The Morgan fingerprint density at radius 3 is 1.42 bits per heavy atom. The molecule has 0 amide bonds. The van der Waals surface area contributed by atoms with Gasteiger partial charge in [-0.15, -0.1) is 0 Å². The Bertz CT molecular complexity index is 3350. The second-order valence-electron chi connectivity index (χ2n) is 14.3. The number of benzene rings is 7. The van der Waals surface area contributed by atoms with Gasteiger partial charge < -0.3 is 13.7 Å². The van der Waals surface area contributed by atoms with Gasteiger partial charge in [-0.25, -0.2) is 4.85 Å². The monoisotopic (exact) mass is 703 g/mol. The second-order valence-corrected chi connectivity index (χ2v) is 14.3. The van der Waals surface area contributed by atoms with Crippen LogP contribution in [0.2, 0.25) is 0 Å². The second kappa shape index (κ2) is 11.8. The van der Waals surface area contributed by atoms with Crippen molar-refractivity contribution >= 4 is 71.1 Å². The molecule has 5 heteroatoms. The largest absolute Gasteiger partial charge is 0.309 e. The van der Waals surface area contributed by atoms with Crippen LogP contribution in [-0.2, 0) is 0 Å². The SMILES string of the molecule is [C-]#[N+]c1ccc2c(c1)c1ccccc1n2-c1cc(-n2c3ccccc3c3cc(-n4c5ccccc5c5ccccc54)ccc32)c(C)c(-c2ccccn2)c1C. The van der Waals surface area contributed by atoms with Crippen molar-refractivity contribution in [3.8, 4) is 28.3 Å². The molecule has 4 aromatic heterocycles. The fourth-order valence-corrected chi connectivity index (χ4v) is 9.09. The highest BCUT2D eigenvalue weighted by Gasteiger charge is 2.23. The summed E-state index contributed by atoms with van der Waals surface area (Å²) in [5.41, 5.74) is 15.1. The van der Waals surface area contributed by atoms with Crippen molar-refractivity contribution in [3.05, 3.63) is 186 Å². The minimum Gasteiger partial charge on any atom is -0.309 e. The van der Waals surface area contributed by atoms with Gasteiger partial charge in [0.05, 0.1) is 56.7 Å². The third-order valence-electron chi connectivity index (χ3n) is 11.5. The topological polar surface area (TPSA) is 32.0 Å². The molecule has 0 bridgehead atoms. The summed E-state index contributed by atoms with van der Waals surface area (Å²) in [6.45, 7) is 12.2. The number of pyridine rings is 1. The lowest BCUT2D eigenvalue weighted by atomic mass is 9.95. The van der Waals surface area contributed by atoms with Crippen LogP contribution < -0.4 is 0 Å². The Balaban J connectivity index is 1.24. The zero-order valence-corrected chi connectivity index (χ0v) is 30.3. The van der Waals surface area contributed by atoms with Crippen molar-refractivity contribution < 1.29 is 0 Å². The lowest BCUT2D eigenvalue weighted by molar-refractivity contribution is 1.09. The summed E-state index contributed by atoms with van der Waals surface area (Å²) in [4.78, 5) is 8.70. The van der Waals surface area contributed by atoms with Gasteiger partial charge >= 0.3 is 0 Å². The minimum atomic E-state index is 0.636. The third kappa shape index (κ3) is 4.43. The van der Waals surface area contributed by atoms with E-state index in [0.717, 1.165) is 72.3 Å². The van der Waals surface area contributed by atoms with Gasteiger partial charge in [-0.05, 0) is 103 Å². The van der Waals surface area contributed by atoms with E-state index < -0.39 is 0 Å². The van der Waals surface area contributed by atoms with E-state index in [2.05, 4.69) is 172 Å². The van der Waals surface area contributed by atoms with E-state index >= 15 is 0 Å². The first kappa shape index (κ1) is 31.1. The van der Waals surface area contributed by atoms with Crippen molar-refractivity contribution in [2.45, 2.75) is 13.8 Å². The van der Waals surface area contributed by atoms with Crippen LogP contribution in [0.25, 0.3) is 98.6 Å². The van der Waals surface area contributed by atoms with Gasteiger partial charge in [-0.1, -0.05) is 84.9 Å². The van der Waals surface area contributed by atoms with Crippen LogP contribution in [0, 0.1) is 20.4 Å². The summed E-state index contributed by atoms with van der Waals surface area (Å²) in [5.74, 6) is 0. The number of hydrogen-bond donors (Lipinski definition) is 0. The van der Waals surface area contributed by atoms with Crippen molar-refractivity contribution in [2.75, 3.05) is 0 Å². The normalized spacial score (nSPS) is 11.8. The van der Waals surface area contributed by atoms with Crippen LogP contribution in [0.15, 0.2) is 164 Å². The number of hydrogen-bond acceptors (Lipinski definition) is 1. The smallest absolute Gasteiger partial charge is 0.188 e. The van der Waals surface area contributed by atoms with Crippen molar-refractivity contribution in [1.82, 2.24) is 18.7 Å². The van der Waals surface area contributed by atoms with E-state index in [0.29, 0.717) is 5.69 Å². The maximum atomic E-state index is 7.75. The molecule has 0 fully saturated rings. The summed E-state index contributed by atoms with van der Waals surface area (Å²) in [7, 11) is 0. The summed E-state index contributed by atoms with van der Waals surface area (Å²) < 4.78 is 7.21. The highest BCUT2D eigenvalue weighted by atomic mass is 15.0. The van der Waals surface area contributed by atoms with E-state index in [-0.39, 0.29) is 0 Å². The van der Waals surface area contributed by atoms with Crippen LogP contribution in [0.1, 0.15) is 11.1 Å². The van der Waals surface area contributed by atoms with Crippen LogP contribution in [0.5, 0.6) is 0 Å². The van der Waals surface area contributed by atoms with Crippen molar-refractivity contribution in [1.29, 1.82) is 0 Å². The van der Waals surface area contributed by atoms with Gasteiger partial charge in [0.2, 0.25) is 0 Å². The summed E-state index contributed by atoms with van der Waals surface area (Å²) in [6, 6.07) is 56.1. The summed E-state index contributed by atoms with van der Waals surface area (Å²) in [6.07, 6.45) is 1.88. The van der Waals surface area contributed by atoms with Gasteiger partial charge in [0, 0.05) is 44.4 Å². The fraction of sp³-hybridized carbons (Fsp3) is 0.0400. The molecule has 4 heterocycles. The van der Waals surface area contributed by atoms with Crippen molar-refractivity contribution in [2.24, 2.45) is 0 Å². The molecule has 0 atom stereocenters. The fourth-order valence-electron chi connectivity index (χ4n) is 9.09. The van der Waals surface area contributed by atoms with E-state index in [9.17, 15) is 0 Å². The molecule has 0 spiro atoms. The third-order valence-corrected chi connectivity index (χ3v) is 11.5. The molecule has 0 aliphatic carbocycles. The molecule has 5 nitrogen and oxygen atoms in total. The maximum absolute atomic E-state index is 7.75. The molecule has 7 aromatic carbocycles. The zero-order chi connectivity index (χ0) is 36.8. The van der Waals surface area contributed by atoms with Gasteiger partial charge in [-0.3, -0.25) is 4.98 Å². The average molecular weight is 704 g/mol. The molecule has 0 aliphatic heterocycles. The highest BCUT2D eigenvalue weighted by molar-refractivity contribution is 6.13. The van der Waals surface area contributed by atoms with Gasteiger partial charge in [0.25, 0.3) is 0 Å². The van der Waals surface area contributed by atoms with Gasteiger partial charge in [-0.2, -0.15) is 0 Å². The standard InChI is InChI=1S/C50H33N5/c1-31-48(54-44-21-10-6-16-37(44)39-28-33(51-3)23-25-46(39)54)30-49(32(2)50(31)41-18-12-13-27-52-41)55-45-22-11-7-17-38(45)40-29-34(24-26-47(40)55)53-42-19-8-4-14-35(42)36-15-5-9-20-43(36)53/h4-30H,1-2H3. The first-order valence-electron chi connectivity index (χ1n) is 18.6. The predicted molar refractivity (Wildman–Crippen MR) is 228 cm³/mol. The average Bonchev–Trinajstić information content (AvgIpc) is 3.87. The molecule has 0 aliphatic rings. The molecule has 55 heavy (non-hydrogen) atoms. The van der Waals surface area contributed by atoms with E-state index in [1.807, 2.05) is 24.4 Å². The highest BCUT2D eigenvalue weighted by Crippen LogP contribution is 2.43. The summed E-state index contributed by atoms with van der Waals surface area (Å²) in [5, 5.41) is 7.09. The van der Waals surface area contributed by atoms with Crippen molar-refractivity contribution in [3.63, 3.8) is 0 Å². The quantitative estimate of drug-likeness (QED) is 0.168. The Labute approximate surface area is 317 Å². The number of aromatic nitrogens is 4. The predicted octanol–water partition coefficient (Wildman–Crippen LogP) is 13.2. The Kier molecular flexibility index (Phi) is 6.68. The molecule has 0 N–H and O–H groups in total. The molecular weight excluding hydrogens is 671 g/mol. The lowest BCUT2D eigenvalue weighted by Gasteiger charge is -2.22. The molecule has 0 saturated heterocycles. The Morgan fingerprint density at radius 2 is 0.891 bits per heavy atom. The molecule has 258 valence electrons. The molecule has 0 unspecified atom stereocenters. The minimum absolute atomic E-state index is 0.636. The maximum Gasteiger partial charge on any atom is 0.188 e. The molecule has 0 radical (unpaired) electrons. The summed E-state index contributed by atoms with van der Waals surface area (Å²) >= 11 is 0. The number of fused-ring (bicyclic) bond motifs is 9. The molecule has 11 aromatic rings. The van der Waals surface area contributed by atoms with Crippen LogP contribution in [-0.4, -0.2) is 18.7 Å². The molecular formula is C50H33N5.